The number of fused-ring (bicyclic) bond motifs is 9. The van der Waals surface area contributed by atoms with E-state index in [0.29, 0.717) is 0 Å². The second kappa shape index (κ2) is 12.3. The summed E-state index contributed by atoms with van der Waals surface area (Å²) in [7, 11) is 0. The van der Waals surface area contributed by atoms with E-state index in [9.17, 15) is 0 Å². The average molecular weight is 802 g/mol. The van der Waals surface area contributed by atoms with Crippen LogP contribution in [0, 0.1) is 0 Å². The summed E-state index contributed by atoms with van der Waals surface area (Å²) in [4.78, 5) is 0. The molecule has 6 heterocycles. The molecule has 3 aliphatic heterocycles. The van der Waals surface area contributed by atoms with Crippen molar-refractivity contribution in [1.82, 2.24) is 4.57 Å². The fraction of sp³-hybridized carbons (Fsp3) is 0.151. The van der Waals surface area contributed by atoms with Gasteiger partial charge in [0.25, 0.3) is 0 Å². The molecule has 58 heavy (non-hydrogen) atoms. The Morgan fingerprint density at radius 2 is 1.36 bits per heavy atom. The first kappa shape index (κ1) is 34.6. The summed E-state index contributed by atoms with van der Waals surface area (Å²) < 4.78 is 7.85. The minimum atomic E-state index is -2.49. The number of hydrogen-bond acceptors (Lipinski definition) is 2. The molecule has 0 saturated carbocycles. The van der Waals surface area contributed by atoms with Crippen molar-refractivity contribution in [2.24, 2.45) is 0 Å². The minimum Gasteiger partial charge on any atom is -0.309 e. The van der Waals surface area contributed by atoms with Gasteiger partial charge in [0.15, 0.2) is 5.54 Å². The Morgan fingerprint density at radius 3 is 2.17 bits per heavy atom. The van der Waals surface area contributed by atoms with Gasteiger partial charge in [0.1, 0.15) is 0 Å². The normalized spacial score (nSPS) is 19.4. The molecular formula is C53H42N2PS2+. The van der Waals surface area contributed by atoms with Gasteiger partial charge in [-0.05, 0) is 95.0 Å². The summed E-state index contributed by atoms with van der Waals surface area (Å²) in [6.07, 6.45) is 3.17. The number of para-hydroxylation sites is 1. The SMILES string of the molecule is CCC1(C)c2ccc(P(=S)(c3ccccc3)c3ccc(-n4c5ccccc5c5cc6sc7ccccc7c6cc54)cc3)cc2-c2ccc3cc4ccc3[n+]2C1(CC)C4. The van der Waals surface area contributed by atoms with Crippen LogP contribution >= 0.6 is 17.4 Å². The van der Waals surface area contributed by atoms with Gasteiger partial charge in [-0.1, -0.05) is 123 Å². The summed E-state index contributed by atoms with van der Waals surface area (Å²) >= 11 is 9.01. The van der Waals surface area contributed by atoms with E-state index in [4.69, 9.17) is 11.8 Å². The highest BCUT2D eigenvalue weighted by Gasteiger charge is 2.60. The third-order valence-corrected chi connectivity index (χ3v) is 20.3. The van der Waals surface area contributed by atoms with Crippen molar-refractivity contribution in [1.29, 1.82) is 0 Å². The molecule has 2 nitrogen and oxygen atoms in total. The van der Waals surface area contributed by atoms with E-state index in [0.717, 1.165) is 24.9 Å². The lowest BCUT2D eigenvalue weighted by Gasteiger charge is -2.48. The van der Waals surface area contributed by atoms with Crippen molar-refractivity contribution in [3.63, 3.8) is 0 Å². The highest BCUT2D eigenvalue weighted by molar-refractivity contribution is 8.25. The number of aromatic nitrogens is 2. The molecule has 3 atom stereocenters. The van der Waals surface area contributed by atoms with E-state index in [2.05, 4.69) is 194 Å². The van der Waals surface area contributed by atoms with Gasteiger partial charge in [-0.15, -0.1) is 11.3 Å². The van der Waals surface area contributed by atoms with E-state index < -0.39 is 6.04 Å². The maximum atomic E-state index is 7.13. The van der Waals surface area contributed by atoms with E-state index in [1.54, 1.807) is 0 Å². The van der Waals surface area contributed by atoms with Crippen LogP contribution in [0.5, 0.6) is 0 Å². The minimum absolute atomic E-state index is 0.0483. The van der Waals surface area contributed by atoms with Gasteiger partial charge in [-0.2, -0.15) is 4.57 Å². The zero-order valence-electron chi connectivity index (χ0n) is 32.9. The molecule has 0 spiro atoms. The molecule has 3 unspecified atom stereocenters. The monoisotopic (exact) mass is 801 g/mol. The standard InChI is InChI=1S/C53H42N2PS2/c1-4-52(3)45-26-25-39(30-44(45)48-28-20-35-29-34-19-27-46(35)55(48)53(52,5-2)33-34)56(57,37-13-7-6-8-14-37)38-23-21-36(22-24-38)54-47-17-11-9-15-40(47)42-32-51-43(31-49(42)54)41-16-10-12-18-50(41)58-51/h6-32H,4-5,33H2,1-3H3/q+1. The fourth-order valence-electron chi connectivity index (χ4n) is 11.2. The number of pyridine rings is 1. The van der Waals surface area contributed by atoms with E-state index >= 15 is 0 Å². The molecule has 10 aromatic rings. The van der Waals surface area contributed by atoms with Crippen LogP contribution in [-0.4, -0.2) is 4.57 Å². The van der Waals surface area contributed by atoms with Crippen LogP contribution in [0.4, 0.5) is 0 Å². The van der Waals surface area contributed by atoms with Gasteiger partial charge in [0.2, 0.25) is 11.2 Å². The van der Waals surface area contributed by atoms with Crippen molar-refractivity contribution in [3.8, 4) is 16.9 Å². The number of hydrogen-bond donors (Lipinski definition) is 0. The lowest BCUT2D eigenvalue weighted by Crippen LogP contribution is -2.70. The molecule has 0 fully saturated rings. The number of nitrogens with zero attached hydrogens (tertiary/aromatic N) is 2. The highest BCUT2D eigenvalue weighted by atomic mass is 32.4. The molecule has 0 saturated heterocycles. The Bertz CT molecular complexity index is 3400. The third-order valence-electron chi connectivity index (χ3n) is 14.2. The largest absolute Gasteiger partial charge is 0.309 e. The first-order chi connectivity index (χ1) is 28.4. The van der Waals surface area contributed by atoms with E-state index in [1.165, 1.54) is 91.2 Å². The summed E-state index contributed by atoms with van der Waals surface area (Å²) in [5.41, 5.74) is 10.4. The van der Waals surface area contributed by atoms with Crippen LogP contribution in [0.2, 0.25) is 0 Å². The molecule has 280 valence electrons. The maximum Gasteiger partial charge on any atom is 0.213 e. The van der Waals surface area contributed by atoms with Gasteiger partial charge < -0.3 is 4.57 Å². The van der Waals surface area contributed by atoms with Crippen molar-refractivity contribution in [3.05, 3.63) is 175 Å². The Labute approximate surface area is 348 Å². The lowest BCUT2D eigenvalue weighted by molar-refractivity contribution is -0.746. The van der Waals surface area contributed by atoms with Gasteiger partial charge in [-0.25, -0.2) is 0 Å². The quantitative estimate of drug-likeness (QED) is 0.120. The second-order valence-corrected chi connectivity index (χ2v) is 22.2. The topological polar surface area (TPSA) is 8.81 Å². The predicted molar refractivity (Wildman–Crippen MR) is 252 cm³/mol. The van der Waals surface area contributed by atoms with Crippen molar-refractivity contribution in [2.45, 2.75) is 51.0 Å². The second-order valence-electron chi connectivity index (χ2n) is 16.7. The van der Waals surface area contributed by atoms with Crippen LogP contribution in [0.3, 0.4) is 0 Å². The zero-order chi connectivity index (χ0) is 39.0. The van der Waals surface area contributed by atoms with Gasteiger partial charge >= 0.3 is 0 Å². The Balaban J connectivity index is 1.06. The predicted octanol–water partition coefficient (Wildman–Crippen LogP) is 12.4. The average Bonchev–Trinajstić information content (AvgIpc) is 3.71. The first-order valence-corrected chi connectivity index (χ1v) is 24.2. The number of benzene rings is 7. The van der Waals surface area contributed by atoms with Crippen molar-refractivity contribution >= 4 is 98.0 Å². The molecule has 3 aliphatic rings. The number of thiophene rings is 1. The summed E-state index contributed by atoms with van der Waals surface area (Å²) in [6, 6.07) is 59.4. The summed E-state index contributed by atoms with van der Waals surface area (Å²) in [5, 5.41) is 10.2. The molecular weight excluding hydrogens is 760 g/mol. The molecule has 5 heteroatoms. The molecule has 4 bridgehead atoms. The fourth-order valence-corrected chi connectivity index (χ4v) is 16.0. The van der Waals surface area contributed by atoms with E-state index in [-0.39, 0.29) is 11.0 Å². The molecule has 0 aliphatic carbocycles. The Hall–Kier alpha value is -5.38. The Morgan fingerprint density at radius 1 is 0.621 bits per heavy atom. The smallest absolute Gasteiger partial charge is 0.213 e. The first-order valence-electron chi connectivity index (χ1n) is 20.6. The summed E-state index contributed by atoms with van der Waals surface area (Å²) in [6.45, 7) is 7.32. The number of rotatable bonds is 6. The Kier molecular flexibility index (Phi) is 7.36. The van der Waals surface area contributed by atoms with Crippen LogP contribution in [0.1, 0.15) is 44.7 Å². The van der Waals surface area contributed by atoms with Crippen molar-refractivity contribution in [2.75, 3.05) is 0 Å². The molecule has 3 aromatic heterocycles. The molecule has 0 amide bonds. The molecule has 0 N–H and O–H groups in total. The maximum absolute atomic E-state index is 7.13. The summed E-state index contributed by atoms with van der Waals surface area (Å²) in [5.74, 6) is 0. The van der Waals surface area contributed by atoms with Crippen LogP contribution in [-0.2, 0) is 29.2 Å². The van der Waals surface area contributed by atoms with Gasteiger partial charge in [0, 0.05) is 73.0 Å². The highest BCUT2D eigenvalue weighted by Crippen LogP contribution is 2.54. The third kappa shape index (κ3) is 4.44. The van der Waals surface area contributed by atoms with Gasteiger partial charge in [0.05, 0.1) is 22.0 Å². The van der Waals surface area contributed by atoms with Crippen molar-refractivity contribution < 1.29 is 4.57 Å². The zero-order valence-corrected chi connectivity index (χ0v) is 35.4. The van der Waals surface area contributed by atoms with Crippen LogP contribution < -0.4 is 20.5 Å². The van der Waals surface area contributed by atoms with Gasteiger partial charge in [-0.3, -0.25) is 0 Å². The van der Waals surface area contributed by atoms with Crippen LogP contribution in [0.25, 0.3) is 69.8 Å². The molecule has 0 radical (unpaired) electrons. The molecule has 13 rings (SSSR count). The lowest BCUT2D eigenvalue weighted by atomic mass is 9.58. The van der Waals surface area contributed by atoms with Crippen LogP contribution in [0.15, 0.2) is 164 Å². The molecule has 7 aromatic carbocycles. The van der Waals surface area contributed by atoms with E-state index in [1.807, 2.05) is 11.3 Å².